The molecule has 0 unspecified atom stereocenters. The summed E-state index contributed by atoms with van der Waals surface area (Å²) in [6.07, 6.45) is 3.60. The largest absolute Gasteiger partial charge is 0.384 e. The fourth-order valence-corrected chi connectivity index (χ4v) is 4.35. The molecule has 0 spiro atoms. The standard InChI is InChI=1S/C18H27N3O4S.ClH/c1-25-13-18(8-10-19-11-9-18)17(22)21-15-4-6-16(7-5-15)26(23,24)20-12-14-2-3-14;/h4-7,14,19-20H,2-3,8-13H2,1H3,(H,21,22);1H. The Bertz CT molecular complexity index is 724. The summed E-state index contributed by atoms with van der Waals surface area (Å²) >= 11 is 0. The monoisotopic (exact) mass is 417 g/mol. The zero-order valence-electron chi connectivity index (χ0n) is 15.5. The first kappa shape index (κ1) is 22.1. The molecule has 0 atom stereocenters. The molecule has 1 heterocycles. The van der Waals surface area contributed by atoms with Gasteiger partial charge in [0.1, 0.15) is 0 Å². The fraction of sp³-hybridized carbons (Fsp3) is 0.611. The number of anilines is 1. The van der Waals surface area contributed by atoms with Gasteiger partial charge in [-0.15, -0.1) is 12.4 Å². The molecule has 0 bridgehead atoms. The smallest absolute Gasteiger partial charge is 0.240 e. The van der Waals surface area contributed by atoms with E-state index in [4.69, 9.17) is 4.74 Å². The van der Waals surface area contributed by atoms with Crippen molar-refractivity contribution < 1.29 is 17.9 Å². The van der Waals surface area contributed by atoms with Crippen LogP contribution in [0.5, 0.6) is 0 Å². The molecule has 1 aromatic carbocycles. The van der Waals surface area contributed by atoms with Crippen molar-refractivity contribution in [1.29, 1.82) is 0 Å². The zero-order valence-corrected chi connectivity index (χ0v) is 17.1. The Kier molecular flexibility index (Phi) is 7.64. The van der Waals surface area contributed by atoms with E-state index in [-0.39, 0.29) is 23.2 Å². The maximum atomic E-state index is 12.8. The van der Waals surface area contributed by atoms with Crippen molar-refractivity contribution in [1.82, 2.24) is 10.0 Å². The van der Waals surface area contributed by atoms with Crippen LogP contribution < -0.4 is 15.4 Å². The normalized spacial score (nSPS) is 19.1. The number of rotatable bonds is 8. The number of hydrogen-bond acceptors (Lipinski definition) is 5. The Labute approximate surface area is 167 Å². The van der Waals surface area contributed by atoms with E-state index >= 15 is 0 Å². The van der Waals surface area contributed by atoms with Gasteiger partial charge in [-0.25, -0.2) is 13.1 Å². The second kappa shape index (κ2) is 9.34. The summed E-state index contributed by atoms with van der Waals surface area (Å²) in [6.45, 7) is 2.42. The van der Waals surface area contributed by atoms with Crippen LogP contribution >= 0.6 is 12.4 Å². The third-order valence-electron chi connectivity index (χ3n) is 5.14. The number of carbonyl (C=O) groups excluding carboxylic acids is 1. The van der Waals surface area contributed by atoms with E-state index in [1.54, 1.807) is 19.2 Å². The molecule has 1 aliphatic heterocycles. The lowest BCUT2D eigenvalue weighted by molar-refractivity contribution is -0.130. The topological polar surface area (TPSA) is 96.5 Å². The number of methoxy groups -OCH3 is 1. The minimum Gasteiger partial charge on any atom is -0.384 e. The number of amides is 1. The Morgan fingerprint density at radius 3 is 2.41 bits per heavy atom. The summed E-state index contributed by atoms with van der Waals surface area (Å²) in [7, 11) is -1.89. The first-order chi connectivity index (χ1) is 12.5. The Morgan fingerprint density at radius 2 is 1.85 bits per heavy atom. The van der Waals surface area contributed by atoms with Gasteiger partial charge in [0.15, 0.2) is 0 Å². The minimum atomic E-state index is -3.49. The molecule has 1 saturated heterocycles. The molecule has 9 heteroatoms. The van der Waals surface area contributed by atoms with Crippen LogP contribution in [0.4, 0.5) is 5.69 Å². The van der Waals surface area contributed by atoms with Gasteiger partial charge in [0.2, 0.25) is 15.9 Å². The summed E-state index contributed by atoms with van der Waals surface area (Å²) in [5.74, 6) is 0.397. The first-order valence-corrected chi connectivity index (χ1v) is 10.5. The second-order valence-electron chi connectivity index (χ2n) is 7.24. The molecule has 152 valence electrons. The second-order valence-corrected chi connectivity index (χ2v) is 9.00. The number of sulfonamides is 1. The van der Waals surface area contributed by atoms with Crippen molar-refractivity contribution in [2.24, 2.45) is 11.3 Å². The van der Waals surface area contributed by atoms with Crippen LogP contribution in [0.1, 0.15) is 25.7 Å². The summed E-state index contributed by atoms with van der Waals surface area (Å²) in [5.41, 5.74) is 0.0430. The lowest BCUT2D eigenvalue weighted by Crippen LogP contribution is -2.47. The molecule has 0 radical (unpaired) electrons. The summed E-state index contributed by atoms with van der Waals surface area (Å²) in [4.78, 5) is 13.0. The number of halogens is 1. The highest BCUT2D eigenvalue weighted by molar-refractivity contribution is 7.89. The van der Waals surface area contributed by atoms with Crippen molar-refractivity contribution in [3.8, 4) is 0 Å². The molecular formula is C18H28ClN3O4S. The quantitative estimate of drug-likeness (QED) is 0.598. The third kappa shape index (κ3) is 5.65. The number of benzene rings is 1. The van der Waals surface area contributed by atoms with Crippen molar-refractivity contribution in [3.05, 3.63) is 24.3 Å². The third-order valence-corrected chi connectivity index (χ3v) is 6.58. The Morgan fingerprint density at radius 1 is 1.22 bits per heavy atom. The van der Waals surface area contributed by atoms with Crippen LogP contribution in [-0.4, -0.2) is 47.7 Å². The van der Waals surface area contributed by atoms with E-state index in [9.17, 15) is 13.2 Å². The van der Waals surface area contributed by atoms with E-state index in [1.165, 1.54) is 12.1 Å². The van der Waals surface area contributed by atoms with Crippen molar-refractivity contribution in [3.63, 3.8) is 0 Å². The van der Waals surface area contributed by atoms with Crippen molar-refractivity contribution in [2.75, 3.05) is 38.7 Å². The summed E-state index contributed by atoms with van der Waals surface area (Å²) in [6, 6.07) is 6.31. The number of ether oxygens (including phenoxy) is 1. The molecule has 2 aliphatic rings. The molecule has 1 saturated carbocycles. The molecule has 7 nitrogen and oxygen atoms in total. The fourth-order valence-electron chi connectivity index (χ4n) is 3.23. The van der Waals surface area contributed by atoms with Gasteiger partial charge >= 0.3 is 0 Å². The average molecular weight is 418 g/mol. The highest BCUT2D eigenvalue weighted by Crippen LogP contribution is 2.31. The molecule has 1 aromatic rings. The molecule has 1 amide bonds. The molecule has 3 N–H and O–H groups in total. The van der Waals surface area contributed by atoms with Crippen LogP contribution in [-0.2, 0) is 19.6 Å². The van der Waals surface area contributed by atoms with E-state index in [0.29, 0.717) is 37.6 Å². The van der Waals surface area contributed by atoms with Gasteiger partial charge < -0.3 is 15.4 Å². The molecule has 2 fully saturated rings. The number of carbonyl (C=O) groups is 1. The van der Waals surface area contributed by atoms with Gasteiger partial charge in [0, 0.05) is 19.3 Å². The van der Waals surface area contributed by atoms with Gasteiger partial charge in [0.05, 0.1) is 16.9 Å². The highest BCUT2D eigenvalue weighted by Gasteiger charge is 2.39. The van der Waals surface area contributed by atoms with Crippen LogP contribution in [0.3, 0.4) is 0 Å². The lowest BCUT2D eigenvalue weighted by Gasteiger charge is -2.35. The van der Waals surface area contributed by atoms with E-state index in [2.05, 4.69) is 15.4 Å². The average Bonchev–Trinajstić information content (AvgIpc) is 3.46. The van der Waals surface area contributed by atoms with Gasteiger partial charge in [-0.05, 0) is 69.0 Å². The summed E-state index contributed by atoms with van der Waals surface area (Å²) in [5, 5.41) is 6.17. The first-order valence-electron chi connectivity index (χ1n) is 9.06. The lowest BCUT2D eigenvalue weighted by atomic mass is 9.78. The maximum absolute atomic E-state index is 12.8. The van der Waals surface area contributed by atoms with Crippen LogP contribution in [0.2, 0.25) is 0 Å². The van der Waals surface area contributed by atoms with Gasteiger partial charge in [-0.3, -0.25) is 4.79 Å². The number of piperidine rings is 1. The SMILES string of the molecule is COCC1(C(=O)Nc2ccc(S(=O)(=O)NCC3CC3)cc2)CCNCC1.Cl. The van der Waals surface area contributed by atoms with Crippen LogP contribution in [0, 0.1) is 11.3 Å². The predicted molar refractivity (Wildman–Crippen MR) is 107 cm³/mol. The van der Waals surface area contributed by atoms with Gasteiger partial charge in [-0.1, -0.05) is 0 Å². The van der Waals surface area contributed by atoms with E-state index in [0.717, 1.165) is 25.9 Å². The maximum Gasteiger partial charge on any atom is 0.240 e. The van der Waals surface area contributed by atoms with Gasteiger partial charge in [-0.2, -0.15) is 0 Å². The number of hydrogen-bond donors (Lipinski definition) is 3. The summed E-state index contributed by atoms with van der Waals surface area (Å²) < 4.78 is 32.4. The highest BCUT2D eigenvalue weighted by atomic mass is 35.5. The predicted octanol–water partition coefficient (Wildman–Crippen LogP) is 1.75. The van der Waals surface area contributed by atoms with Crippen LogP contribution in [0.15, 0.2) is 29.2 Å². The molecule has 27 heavy (non-hydrogen) atoms. The Balaban J connectivity index is 0.00000261. The van der Waals surface area contributed by atoms with Crippen molar-refractivity contribution >= 4 is 34.0 Å². The van der Waals surface area contributed by atoms with E-state index in [1.807, 2.05) is 0 Å². The molecule has 3 rings (SSSR count). The van der Waals surface area contributed by atoms with Crippen molar-refractivity contribution in [2.45, 2.75) is 30.6 Å². The molecule has 1 aliphatic carbocycles. The van der Waals surface area contributed by atoms with E-state index < -0.39 is 15.4 Å². The molecular weight excluding hydrogens is 390 g/mol. The minimum absolute atomic E-state index is 0. The van der Waals surface area contributed by atoms with Gasteiger partial charge in [0.25, 0.3) is 0 Å². The zero-order chi connectivity index (χ0) is 18.6. The number of nitrogens with one attached hydrogen (secondary N) is 3. The Hall–Kier alpha value is -1.19. The van der Waals surface area contributed by atoms with Crippen LogP contribution in [0.25, 0.3) is 0 Å². The molecule has 0 aromatic heterocycles.